The van der Waals surface area contributed by atoms with Crippen LogP contribution in [0, 0.1) is 0 Å². The molecular formula is C12H15ClN4O2S. The molecule has 0 aliphatic rings. The monoisotopic (exact) mass is 314 g/mol. The molecule has 2 aromatic rings. The van der Waals surface area contributed by atoms with E-state index in [0.29, 0.717) is 18.7 Å². The van der Waals surface area contributed by atoms with Gasteiger partial charge in [0, 0.05) is 35.0 Å². The van der Waals surface area contributed by atoms with Crippen molar-refractivity contribution in [2.45, 2.75) is 37.9 Å². The van der Waals surface area contributed by atoms with Crippen molar-refractivity contribution in [3.63, 3.8) is 0 Å². The summed E-state index contributed by atoms with van der Waals surface area (Å²) in [6.45, 7) is 3.72. The van der Waals surface area contributed by atoms with Gasteiger partial charge in [-0.25, -0.2) is 8.42 Å². The second kappa shape index (κ2) is 5.88. The predicted octanol–water partition coefficient (Wildman–Crippen LogP) is 1.97. The van der Waals surface area contributed by atoms with Gasteiger partial charge in [-0.1, -0.05) is 6.07 Å². The first-order valence-corrected chi connectivity index (χ1v) is 8.49. The first-order valence-electron chi connectivity index (χ1n) is 6.18. The summed E-state index contributed by atoms with van der Waals surface area (Å²) >= 11 is 0. The normalized spacial score (nSPS) is 12.0. The van der Waals surface area contributed by atoms with E-state index in [0.717, 1.165) is 5.69 Å². The Labute approximate surface area is 122 Å². The molecule has 0 aromatic carbocycles. The third-order valence-electron chi connectivity index (χ3n) is 2.80. The standard InChI is InChI=1S/C12H15ClN4O2S/c1-9(2)17-11(15-16-12(17)20(13,18)19)7-6-10-5-3-4-8-14-10/h3-5,8-9H,6-7H2,1-2H3. The Bertz CT molecular complexity index is 683. The van der Waals surface area contributed by atoms with Crippen molar-refractivity contribution < 1.29 is 8.42 Å². The summed E-state index contributed by atoms with van der Waals surface area (Å²) < 4.78 is 24.5. The molecule has 0 unspecified atom stereocenters. The van der Waals surface area contributed by atoms with E-state index in [4.69, 9.17) is 10.7 Å². The molecule has 0 aliphatic heterocycles. The number of aromatic nitrogens is 4. The summed E-state index contributed by atoms with van der Waals surface area (Å²) in [6.07, 6.45) is 2.93. The predicted molar refractivity (Wildman–Crippen MR) is 75.1 cm³/mol. The second-order valence-corrected chi connectivity index (χ2v) is 7.08. The minimum Gasteiger partial charge on any atom is -0.298 e. The highest BCUT2D eigenvalue weighted by Gasteiger charge is 2.24. The summed E-state index contributed by atoms with van der Waals surface area (Å²) in [7, 11) is 1.48. The van der Waals surface area contributed by atoms with Crippen molar-refractivity contribution in [3.8, 4) is 0 Å². The van der Waals surface area contributed by atoms with E-state index in [1.54, 1.807) is 10.8 Å². The Morgan fingerprint density at radius 2 is 2.00 bits per heavy atom. The molecule has 20 heavy (non-hydrogen) atoms. The summed E-state index contributed by atoms with van der Waals surface area (Å²) in [5.41, 5.74) is 0.918. The molecule has 2 rings (SSSR count). The van der Waals surface area contributed by atoms with Gasteiger partial charge in [-0.2, -0.15) is 0 Å². The SMILES string of the molecule is CC(C)n1c(CCc2ccccn2)nnc1S(=O)(=O)Cl. The zero-order valence-electron chi connectivity index (χ0n) is 11.2. The van der Waals surface area contributed by atoms with E-state index in [-0.39, 0.29) is 11.2 Å². The number of rotatable bonds is 5. The third-order valence-corrected chi connectivity index (χ3v) is 3.93. The van der Waals surface area contributed by atoms with Gasteiger partial charge in [-0.3, -0.25) is 9.55 Å². The van der Waals surface area contributed by atoms with Gasteiger partial charge in [0.15, 0.2) is 0 Å². The molecule has 2 aromatic heterocycles. The second-order valence-electron chi connectivity index (χ2n) is 4.62. The van der Waals surface area contributed by atoms with Gasteiger partial charge in [0.2, 0.25) is 0 Å². The van der Waals surface area contributed by atoms with Gasteiger partial charge in [0.25, 0.3) is 14.2 Å². The molecule has 0 saturated carbocycles. The van der Waals surface area contributed by atoms with Crippen LogP contribution in [-0.4, -0.2) is 28.2 Å². The van der Waals surface area contributed by atoms with E-state index < -0.39 is 9.05 Å². The molecule has 0 amide bonds. The van der Waals surface area contributed by atoms with Crippen LogP contribution in [0.5, 0.6) is 0 Å². The van der Waals surface area contributed by atoms with E-state index in [1.165, 1.54) is 0 Å². The number of pyridine rings is 1. The minimum absolute atomic E-state index is 0.0905. The van der Waals surface area contributed by atoms with E-state index in [1.807, 2.05) is 32.0 Å². The number of halogens is 1. The molecule has 0 bridgehead atoms. The number of hydrogen-bond donors (Lipinski definition) is 0. The van der Waals surface area contributed by atoms with E-state index in [2.05, 4.69) is 15.2 Å². The summed E-state index contributed by atoms with van der Waals surface area (Å²) in [6, 6.07) is 5.57. The first kappa shape index (κ1) is 14.9. The Balaban J connectivity index is 2.27. The van der Waals surface area contributed by atoms with Crippen LogP contribution in [0.1, 0.15) is 31.4 Å². The highest BCUT2D eigenvalue weighted by atomic mass is 35.7. The Kier molecular flexibility index (Phi) is 4.39. The van der Waals surface area contributed by atoms with Crippen LogP contribution in [0.2, 0.25) is 0 Å². The third kappa shape index (κ3) is 3.34. The van der Waals surface area contributed by atoms with Gasteiger partial charge >= 0.3 is 0 Å². The van der Waals surface area contributed by atoms with Crippen LogP contribution >= 0.6 is 10.7 Å². The molecule has 108 valence electrons. The zero-order chi connectivity index (χ0) is 14.8. The van der Waals surface area contributed by atoms with Crippen LogP contribution in [0.15, 0.2) is 29.6 Å². The van der Waals surface area contributed by atoms with Gasteiger partial charge in [0.1, 0.15) is 5.82 Å². The maximum Gasteiger partial charge on any atom is 0.296 e. The molecule has 8 heteroatoms. The summed E-state index contributed by atoms with van der Waals surface area (Å²) in [5, 5.41) is 7.43. The average molecular weight is 315 g/mol. The quantitative estimate of drug-likeness (QED) is 0.788. The maximum atomic E-state index is 11.5. The fourth-order valence-corrected chi connectivity index (χ4v) is 2.95. The fraction of sp³-hybridized carbons (Fsp3) is 0.417. The maximum absolute atomic E-state index is 11.5. The molecular weight excluding hydrogens is 300 g/mol. The van der Waals surface area contributed by atoms with Crippen molar-refractivity contribution >= 4 is 19.7 Å². The van der Waals surface area contributed by atoms with Crippen molar-refractivity contribution in [2.24, 2.45) is 0 Å². The highest BCUT2D eigenvalue weighted by molar-refractivity contribution is 8.13. The van der Waals surface area contributed by atoms with Crippen LogP contribution in [0.3, 0.4) is 0 Å². The van der Waals surface area contributed by atoms with Crippen LogP contribution in [0.25, 0.3) is 0 Å². The van der Waals surface area contributed by atoms with Gasteiger partial charge < -0.3 is 0 Å². The largest absolute Gasteiger partial charge is 0.298 e. The average Bonchev–Trinajstić information content (AvgIpc) is 2.81. The molecule has 0 N–H and O–H groups in total. The van der Waals surface area contributed by atoms with Crippen LogP contribution in [0.4, 0.5) is 0 Å². The van der Waals surface area contributed by atoms with Gasteiger partial charge in [0.05, 0.1) is 0 Å². The zero-order valence-corrected chi connectivity index (χ0v) is 12.8. The molecule has 2 heterocycles. The minimum atomic E-state index is -3.89. The van der Waals surface area contributed by atoms with E-state index in [9.17, 15) is 8.42 Å². The fourth-order valence-electron chi connectivity index (χ4n) is 1.95. The summed E-state index contributed by atoms with van der Waals surface area (Å²) in [4.78, 5) is 4.22. The first-order chi connectivity index (χ1) is 9.39. The lowest BCUT2D eigenvalue weighted by atomic mass is 10.2. The number of hydrogen-bond acceptors (Lipinski definition) is 5. The van der Waals surface area contributed by atoms with Crippen molar-refractivity contribution in [1.82, 2.24) is 19.7 Å². The smallest absolute Gasteiger partial charge is 0.296 e. The lowest BCUT2D eigenvalue weighted by Crippen LogP contribution is -2.12. The molecule has 0 atom stereocenters. The van der Waals surface area contributed by atoms with Gasteiger partial charge in [-0.15, -0.1) is 10.2 Å². The summed E-state index contributed by atoms with van der Waals surface area (Å²) in [5.74, 6) is 0.588. The molecule has 6 nitrogen and oxygen atoms in total. The Morgan fingerprint density at radius 3 is 2.55 bits per heavy atom. The molecule has 0 saturated heterocycles. The van der Waals surface area contributed by atoms with Gasteiger partial charge in [-0.05, 0) is 32.4 Å². The topological polar surface area (TPSA) is 77.7 Å². The van der Waals surface area contributed by atoms with Crippen molar-refractivity contribution in [2.75, 3.05) is 0 Å². The lowest BCUT2D eigenvalue weighted by Gasteiger charge is -2.12. The highest BCUT2D eigenvalue weighted by Crippen LogP contribution is 2.20. The van der Waals surface area contributed by atoms with Crippen LogP contribution in [-0.2, 0) is 21.9 Å². The number of nitrogens with zero attached hydrogens (tertiary/aromatic N) is 4. The molecule has 0 spiro atoms. The molecule has 0 aliphatic carbocycles. The molecule has 0 fully saturated rings. The van der Waals surface area contributed by atoms with Crippen LogP contribution < -0.4 is 0 Å². The number of aryl methyl sites for hydroxylation is 2. The van der Waals surface area contributed by atoms with Crippen molar-refractivity contribution in [1.29, 1.82) is 0 Å². The lowest BCUT2D eigenvalue weighted by molar-refractivity contribution is 0.507. The van der Waals surface area contributed by atoms with Crippen molar-refractivity contribution in [3.05, 3.63) is 35.9 Å². The Morgan fingerprint density at radius 1 is 1.25 bits per heavy atom. The molecule has 0 radical (unpaired) electrons. The van der Waals surface area contributed by atoms with E-state index >= 15 is 0 Å². The Hall–Kier alpha value is -1.47.